The lowest BCUT2D eigenvalue weighted by Crippen LogP contribution is -2.31. The molecule has 1 unspecified atom stereocenters. The van der Waals surface area contributed by atoms with Crippen LogP contribution in [0.2, 0.25) is 0 Å². The van der Waals surface area contributed by atoms with E-state index in [1.54, 1.807) is 0 Å². The number of rotatable bonds is 10. The molecule has 0 bridgehead atoms. The zero-order valence-electron chi connectivity index (χ0n) is 12.1. The van der Waals surface area contributed by atoms with Crippen LogP contribution in [-0.4, -0.2) is 30.6 Å². The summed E-state index contributed by atoms with van der Waals surface area (Å²) >= 11 is 0. The van der Waals surface area contributed by atoms with Crippen LogP contribution in [0.15, 0.2) is 0 Å². The zero-order valence-corrected chi connectivity index (χ0v) is 12.1. The predicted molar refractivity (Wildman–Crippen MR) is 76.1 cm³/mol. The van der Waals surface area contributed by atoms with Crippen LogP contribution in [0.3, 0.4) is 0 Å². The lowest BCUT2D eigenvalue weighted by atomic mass is 9.96. The molecule has 2 heteroatoms. The minimum atomic E-state index is 0.807. The summed E-state index contributed by atoms with van der Waals surface area (Å²) in [5.74, 6) is 1.67. The van der Waals surface area contributed by atoms with E-state index in [0.29, 0.717) is 0 Å². The van der Waals surface area contributed by atoms with Gasteiger partial charge >= 0.3 is 0 Å². The quantitative estimate of drug-likeness (QED) is 0.635. The normalized spacial score (nSPS) is 18.0. The fraction of sp³-hybridized carbons (Fsp3) is 1.00. The molecule has 1 saturated carbocycles. The van der Waals surface area contributed by atoms with Gasteiger partial charge in [0.2, 0.25) is 0 Å². The molecule has 1 fully saturated rings. The minimum absolute atomic E-state index is 0.807. The first-order valence-corrected chi connectivity index (χ1v) is 7.61. The molecule has 0 aliphatic heterocycles. The van der Waals surface area contributed by atoms with Crippen molar-refractivity contribution in [2.24, 2.45) is 17.6 Å². The lowest BCUT2D eigenvalue weighted by Gasteiger charge is -2.25. The molecule has 0 amide bonds. The molecule has 0 saturated heterocycles. The average Bonchev–Trinajstić information content (AvgIpc) is 3.09. The van der Waals surface area contributed by atoms with Gasteiger partial charge in [0.15, 0.2) is 0 Å². The molecule has 0 aromatic rings. The van der Waals surface area contributed by atoms with E-state index in [-0.39, 0.29) is 0 Å². The molecule has 1 rings (SSSR count). The Morgan fingerprint density at radius 3 is 2.41 bits per heavy atom. The smallest absolute Gasteiger partial charge is 0.00965 e. The van der Waals surface area contributed by atoms with Gasteiger partial charge in [0.05, 0.1) is 0 Å². The molecular formula is C15H32N2. The van der Waals surface area contributed by atoms with Gasteiger partial charge < -0.3 is 10.6 Å². The molecule has 0 heterocycles. The van der Waals surface area contributed by atoms with Crippen molar-refractivity contribution in [2.75, 3.05) is 19.6 Å². The van der Waals surface area contributed by atoms with E-state index in [1.807, 2.05) is 0 Å². The lowest BCUT2D eigenvalue weighted by molar-refractivity contribution is 0.223. The van der Waals surface area contributed by atoms with Crippen molar-refractivity contribution in [2.45, 2.75) is 65.3 Å². The number of hydrogen-bond acceptors (Lipinski definition) is 2. The van der Waals surface area contributed by atoms with E-state index >= 15 is 0 Å². The average molecular weight is 240 g/mol. The Labute approximate surface area is 108 Å². The van der Waals surface area contributed by atoms with Crippen LogP contribution in [0.1, 0.15) is 59.3 Å². The van der Waals surface area contributed by atoms with E-state index < -0.39 is 0 Å². The minimum Gasteiger partial charge on any atom is -0.330 e. The molecule has 17 heavy (non-hydrogen) atoms. The van der Waals surface area contributed by atoms with Crippen molar-refractivity contribution in [1.82, 2.24) is 4.90 Å². The Hall–Kier alpha value is -0.0800. The summed E-state index contributed by atoms with van der Waals surface area (Å²) in [6, 6.07) is 0.923. The molecule has 2 nitrogen and oxygen atoms in total. The SMILES string of the molecule is CCC(CCN)CCCN(CC(C)C)C1CC1. The Kier molecular flexibility index (Phi) is 7.14. The van der Waals surface area contributed by atoms with Crippen LogP contribution in [-0.2, 0) is 0 Å². The second-order valence-corrected chi connectivity index (χ2v) is 6.11. The van der Waals surface area contributed by atoms with Gasteiger partial charge in [0.25, 0.3) is 0 Å². The first kappa shape index (κ1) is 15.0. The third-order valence-corrected chi connectivity index (χ3v) is 3.87. The summed E-state index contributed by atoms with van der Waals surface area (Å²) in [5, 5.41) is 0. The molecule has 2 N–H and O–H groups in total. The van der Waals surface area contributed by atoms with Gasteiger partial charge in [-0.3, -0.25) is 0 Å². The second kappa shape index (κ2) is 8.10. The summed E-state index contributed by atoms with van der Waals surface area (Å²) in [7, 11) is 0. The Bertz CT molecular complexity index is 187. The van der Waals surface area contributed by atoms with Crippen molar-refractivity contribution in [3.63, 3.8) is 0 Å². The molecule has 0 aromatic carbocycles. The van der Waals surface area contributed by atoms with Crippen molar-refractivity contribution in [3.05, 3.63) is 0 Å². The molecular weight excluding hydrogens is 208 g/mol. The fourth-order valence-electron chi connectivity index (χ4n) is 2.70. The van der Waals surface area contributed by atoms with Crippen molar-refractivity contribution in [3.8, 4) is 0 Å². The molecule has 0 spiro atoms. The highest BCUT2D eigenvalue weighted by Gasteiger charge is 2.28. The van der Waals surface area contributed by atoms with E-state index in [9.17, 15) is 0 Å². The molecule has 1 atom stereocenters. The van der Waals surface area contributed by atoms with E-state index in [1.165, 1.54) is 51.6 Å². The van der Waals surface area contributed by atoms with Crippen LogP contribution in [0.5, 0.6) is 0 Å². The van der Waals surface area contributed by atoms with Gasteiger partial charge in [-0.1, -0.05) is 27.2 Å². The van der Waals surface area contributed by atoms with Crippen molar-refractivity contribution in [1.29, 1.82) is 0 Å². The predicted octanol–water partition coefficient (Wildman–Crippen LogP) is 3.26. The summed E-state index contributed by atoms with van der Waals surface area (Å²) in [6.07, 6.45) is 8.12. The highest BCUT2D eigenvalue weighted by Crippen LogP contribution is 2.28. The summed E-state index contributed by atoms with van der Waals surface area (Å²) in [6.45, 7) is 10.4. The first-order chi connectivity index (χ1) is 8.17. The van der Waals surface area contributed by atoms with Gasteiger partial charge in [0, 0.05) is 12.6 Å². The monoisotopic (exact) mass is 240 g/mol. The van der Waals surface area contributed by atoms with Crippen LogP contribution in [0.25, 0.3) is 0 Å². The molecule has 0 aromatic heterocycles. The Morgan fingerprint density at radius 1 is 1.24 bits per heavy atom. The largest absolute Gasteiger partial charge is 0.330 e. The topological polar surface area (TPSA) is 29.3 Å². The zero-order chi connectivity index (χ0) is 12.7. The van der Waals surface area contributed by atoms with Gasteiger partial charge in [-0.2, -0.15) is 0 Å². The van der Waals surface area contributed by atoms with E-state index in [2.05, 4.69) is 25.7 Å². The Morgan fingerprint density at radius 2 is 1.94 bits per heavy atom. The van der Waals surface area contributed by atoms with Crippen LogP contribution in [0.4, 0.5) is 0 Å². The Balaban J connectivity index is 2.17. The van der Waals surface area contributed by atoms with Crippen LogP contribution < -0.4 is 5.73 Å². The maximum absolute atomic E-state index is 5.65. The molecule has 102 valence electrons. The second-order valence-electron chi connectivity index (χ2n) is 6.11. The summed E-state index contributed by atoms with van der Waals surface area (Å²) in [5.41, 5.74) is 5.65. The molecule has 1 aliphatic rings. The maximum atomic E-state index is 5.65. The first-order valence-electron chi connectivity index (χ1n) is 7.61. The van der Waals surface area contributed by atoms with E-state index in [0.717, 1.165) is 24.4 Å². The number of nitrogens with two attached hydrogens (primary N) is 1. The summed E-state index contributed by atoms with van der Waals surface area (Å²) < 4.78 is 0. The number of hydrogen-bond donors (Lipinski definition) is 1. The highest BCUT2D eigenvalue weighted by atomic mass is 15.2. The maximum Gasteiger partial charge on any atom is 0.00965 e. The van der Waals surface area contributed by atoms with Gasteiger partial charge in [0.1, 0.15) is 0 Å². The van der Waals surface area contributed by atoms with Gasteiger partial charge in [-0.15, -0.1) is 0 Å². The van der Waals surface area contributed by atoms with Gasteiger partial charge in [-0.25, -0.2) is 0 Å². The van der Waals surface area contributed by atoms with Gasteiger partial charge in [-0.05, 0) is 57.0 Å². The van der Waals surface area contributed by atoms with E-state index in [4.69, 9.17) is 5.73 Å². The molecule has 0 radical (unpaired) electrons. The fourth-order valence-corrected chi connectivity index (χ4v) is 2.70. The van der Waals surface area contributed by atoms with Crippen LogP contribution >= 0.6 is 0 Å². The highest BCUT2D eigenvalue weighted by molar-refractivity contribution is 4.84. The van der Waals surface area contributed by atoms with Crippen LogP contribution in [0, 0.1) is 11.8 Å². The standard InChI is InChI=1S/C15H32N2/c1-4-14(9-10-16)6-5-11-17(12-13(2)3)15-7-8-15/h13-15H,4-12,16H2,1-3H3. The third-order valence-electron chi connectivity index (χ3n) is 3.87. The molecule has 1 aliphatic carbocycles. The third kappa shape index (κ3) is 6.42. The van der Waals surface area contributed by atoms with Crippen molar-refractivity contribution >= 4 is 0 Å². The number of nitrogens with zero attached hydrogens (tertiary/aromatic N) is 1. The van der Waals surface area contributed by atoms with Crippen molar-refractivity contribution < 1.29 is 0 Å². The summed E-state index contributed by atoms with van der Waals surface area (Å²) in [4.78, 5) is 2.72.